The van der Waals surface area contributed by atoms with Crippen molar-refractivity contribution in [2.75, 3.05) is 0 Å². The van der Waals surface area contributed by atoms with Crippen molar-refractivity contribution < 1.29 is 13.5 Å². The highest BCUT2D eigenvalue weighted by Crippen LogP contribution is 2.26. The van der Waals surface area contributed by atoms with Gasteiger partial charge in [-0.25, -0.2) is 8.78 Å². The lowest BCUT2D eigenvalue weighted by atomic mass is 10.1. The van der Waals surface area contributed by atoms with Crippen LogP contribution in [0.5, 0.6) is 5.75 Å². The number of nitrogens with two attached hydrogens (primary N) is 1. The van der Waals surface area contributed by atoms with Gasteiger partial charge in [-0.1, -0.05) is 6.07 Å². The van der Waals surface area contributed by atoms with E-state index in [0.29, 0.717) is 16.9 Å². The van der Waals surface area contributed by atoms with Gasteiger partial charge in [0, 0.05) is 17.7 Å². The lowest BCUT2D eigenvalue weighted by Crippen LogP contribution is -2.08. The van der Waals surface area contributed by atoms with Crippen molar-refractivity contribution in [1.29, 1.82) is 5.26 Å². The van der Waals surface area contributed by atoms with Crippen LogP contribution in [0.25, 0.3) is 0 Å². The Labute approximate surface area is 121 Å². The van der Waals surface area contributed by atoms with Crippen LogP contribution in [0.1, 0.15) is 29.7 Å². The van der Waals surface area contributed by atoms with E-state index < -0.39 is 11.6 Å². The Morgan fingerprint density at radius 1 is 1.19 bits per heavy atom. The highest BCUT2D eigenvalue weighted by molar-refractivity contribution is 5.37. The first-order chi connectivity index (χ1) is 9.99. The molecule has 0 heterocycles. The Morgan fingerprint density at radius 3 is 2.62 bits per heavy atom. The summed E-state index contributed by atoms with van der Waals surface area (Å²) in [5.74, 6) is -0.640. The van der Waals surface area contributed by atoms with Gasteiger partial charge in [-0.2, -0.15) is 5.26 Å². The van der Waals surface area contributed by atoms with E-state index in [2.05, 4.69) is 0 Å². The van der Waals surface area contributed by atoms with Crippen LogP contribution in [-0.4, -0.2) is 0 Å². The molecular formula is C16H14F2N2O. The predicted octanol–water partition coefficient (Wildman–Crippen LogP) is 3.44. The van der Waals surface area contributed by atoms with E-state index in [9.17, 15) is 8.78 Å². The van der Waals surface area contributed by atoms with Gasteiger partial charge in [-0.15, -0.1) is 0 Å². The van der Waals surface area contributed by atoms with E-state index in [1.807, 2.05) is 6.07 Å². The van der Waals surface area contributed by atoms with Crippen molar-refractivity contribution in [1.82, 2.24) is 0 Å². The number of nitrogens with zero attached hydrogens (tertiary/aromatic N) is 1. The van der Waals surface area contributed by atoms with Crippen molar-refractivity contribution in [3.05, 3.63) is 64.7 Å². The van der Waals surface area contributed by atoms with Crippen molar-refractivity contribution in [3.8, 4) is 11.8 Å². The monoisotopic (exact) mass is 288 g/mol. The summed E-state index contributed by atoms with van der Waals surface area (Å²) in [5, 5.41) is 8.80. The molecule has 108 valence electrons. The van der Waals surface area contributed by atoms with Crippen LogP contribution in [0.2, 0.25) is 0 Å². The van der Waals surface area contributed by atoms with Gasteiger partial charge >= 0.3 is 0 Å². The topological polar surface area (TPSA) is 59.0 Å². The third-order valence-electron chi connectivity index (χ3n) is 2.95. The third-order valence-corrected chi connectivity index (χ3v) is 2.95. The molecule has 0 aliphatic heterocycles. The molecule has 0 saturated heterocycles. The second kappa shape index (κ2) is 6.33. The Kier molecular flexibility index (Phi) is 4.51. The smallest absolute Gasteiger partial charge is 0.127 e. The largest absolute Gasteiger partial charge is 0.488 e. The Morgan fingerprint density at radius 2 is 1.95 bits per heavy atom. The van der Waals surface area contributed by atoms with Crippen molar-refractivity contribution in [2.45, 2.75) is 19.6 Å². The number of ether oxygens (including phenoxy) is 1. The van der Waals surface area contributed by atoms with E-state index >= 15 is 0 Å². The number of benzene rings is 2. The van der Waals surface area contributed by atoms with Gasteiger partial charge in [0.05, 0.1) is 11.6 Å². The van der Waals surface area contributed by atoms with E-state index in [4.69, 9.17) is 15.7 Å². The molecule has 0 spiro atoms. The molecule has 1 unspecified atom stereocenters. The van der Waals surface area contributed by atoms with Gasteiger partial charge in [-0.3, -0.25) is 0 Å². The molecule has 3 nitrogen and oxygen atoms in total. The molecule has 2 aromatic carbocycles. The maximum atomic E-state index is 13.3. The molecule has 5 heteroatoms. The number of nitriles is 1. The van der Waals surface area contributed by atoms with Crippen molar-refractivity contribution in [3.63, 3.8) is 0 Å². The fraction of sp³-hybridized carbons (Fsp3) is 0.188. The average Bonchev–Trinajstić information content (AvgIpc) is 2.44. The van der Waals surface area contributed by atoms with Gasteiger partial charge in [-0.05, 0) is 36.8 Å². The molecule has 2 rings (SSSR count). The maximum absolute atomic E-state index is 13.3. The fourth-order valence-corrected chi connectivity index (χ4v) is 1.97. The van der Waals surface area contributed by atoms with Gasteiger partial charge in [0.2, 0.25) is 0 Å². The van der Waals surface area contributed by atoms with Crippen LogP contribution in [0.4, 0.5) is 8.78 Å². The van der Waals surface area contributed by atoms with Crippen LogP contribution in [0, 0.1) is 23.0 Å². The van der Waals surface area contributed by atoms with Crippen molar-refractivity contribution in [2.24, 2.45) is 5.73 Å². The molecule has 0 bridgehead atoms. The fourth-order valence-electron chi connectivity index (χ4n) is 1.97. The number of hydrogen-bond donors (Lipinski definition) is 1. The summed E-state index contributed by atoms with van der Waals surface area (Å²) in [4.78, 5) is 0. The lowest BCUT2D eigenvalue weighted by molar-refractivity contribution is 0.299. The van der Waals surface area contributed by atoms with Crippen LogP contribution in [0.15, 0.2) is 36.4 Å². The maximum Gasteiger partial charge on any atom is 0.127 e. The standard InChI is InChI=1S/C16H14F2N2O/c1-10(20)15-3-2-13(17)7-16(15)21-9-12-4-11(8-19)5-14(18)6-12/h2-7,10H,9,20H2,1H3. The van der Waals surface area contributed by atoms with E-state index in [-0.39, 0.29) is 18.2 Å². The Hall–Kier alpha value is -2.45. The zero-order chi connectivity index (χ0) is 15.4. The summed E-state index contributed by atoms with van der Waals surface area (Å²) in [5.41, 5.74) is 7.16. The summed E-state index contributed by atoms with van der Waals surface area (Å²) in [6.45, 7) is 1.78. The number of hydrogen-bond acceptors (Lipinski definition) is 3. The molecule has 21 heavy (non-hydrogen) atoms. The minimum absolute atomic E-state index is 0.0234. The second-order valence-electron chi connectivity index (χ2n) is 4.72. The molecule has 0 aliphatic rings. The Balaban J connectivity index is 2.22. The Bertz CT molecular complexity index is 693. The minimum Gasteiger partial charge on any atom is -0.488 e. The predicted molar refractivity (Wildman–Crippen MR) is 74.4 cm³/mol. The first-order valence-corrected chi connectivity index (χ1v) is 6.37. The molecule has 2 N–H and O–H groups in total. The quantitative estimate of drug-likeness (QED) is 0.937. The molecule has 0 saturated carbocycles. The van der Waals surface area contributed by atoms with Gasteiger partial charge in [0.15, 0.2) is 0 Å². The SMILES string of the molecule is CC(N)c1ccc(F)cc1OCc1cc(F)cc(C#N)c1. The summed E-state index contributed by atoms with van der Waals surface area (Å²) in [6, 6.07) is 9.59. The van der Waals surface area contributed by atoms with E-state index in [1.54, 1.807) is 13.0 Å². The number of halogens is 2. The zero-order valence-electron chi connectivity index (χ0n) is 11.4. The van der Waals surface area contributed by atoms with Crippen LogP contribution < -0.4 is 10.5 Å². The van der Waals surface area contributed by atoms with Crippen LogP contribution >= 0.6 is 0 Å². The van der Waals surface area contributed by atoms with Crippen LogP contribution in [-0.2, 0) is 6.61 Å². The molecule has 0 radical (unpaired) electrons. The summed E-state index contributed by atoms with van der Waals surface area (Å²) in [7, 11) is 0. The molecule has 0 aliphatic carbocycles. The van der Waals surface area contributed by atoms with Crippen molar-refractivity contribution >= 4 is 0 Å². The normalized spacial score (nSPS) is 11.8. The lowest BCUT2D eigenvalue weighted by Gasteiger charge is -2.14. The second-order valence-corrected chi connectivity index (χ2v) is 4.72. The molecule has 0 aromatic heterocycles. The molecule has 1 atom stereocenters. The highest BCUT2D eigenvalue weighted by atomic mass is 19.1. The molecule has 0 amide bonds. The van der Waals surface area contributed by atoms with Crippen LogP contribution in [0.3, 0.4) is 0 Å². The van der Waals surface area contributed by atoms with E-state index in [1.165, 1.54) is 24.3 Å². The first-order valence-electron chi connectivity index (χ1n) is 6.37. The molecular weight excluding hydrogens is 274 g/mol. The minimum atomic E-state index is -0.515. The molecule has 2 aromatic rings. The van der Waals surface area contributed by atoms with Gasteiger partial charge in [0.25, 0.3) is 0 Å². The van der Waals surface area contributed by atoms with E-state index in [0.717, 1.165) is 6.07 Å². The van der Waals surface area contributed by atoms with Gasteiger partial charge < -0.3 is 10.5 Å². The summed E-state index contributed by atoms with van der Waals surface area (Å²) < 4.78 is 32.1. The summed E-state index contributed by atoms with van der Waals surface area (Å²) in [6.07, 6.45) is 0. The summed E-state index contributed by atoms with van der Waals surface area (Å²) >= 11 is 0. The first kappa shape index (κ1) is 14.9. The molecule has 0 fully saturated rings. The third kappa shape index (κ3) is 3.77. The number of rotatable bonds is 4. The zero-order valence-corrected chi connectivity index (χ0v) is 11.4. The van der Waals surface area contributed by atoms with Gasteiger partial charge in [0.1, 0.15) is 24.0 Å². The average molecular weight is 288 g/mol. The highest BCUT2D eigenvalue weighted by Gasteiger charge is 2.10.